The van der Waals surface area contributed by atoms with Crippen molar-refractivity contribution >= 4 is 10.0 Å². The molecule has 0 saturated heterocycles. The van der Waals surface area contributed by atoms with E-state index in [-0.39, 0.29) is 10.8 Å². The minimum Gasteiger partial charge on any atom is -0.319 e. The van der Waals surface area contributed by atoms with Crippen molar-refractivity contribution in [1.82, 2.24) is 20.2 Å². The average Bonchev–Trinajstić information content (AvgIpc) is 2.57. The molecule has 1 heterocycles. The quantitative estimate of drug-likeness (QED) is 0.680. The smallest absolute Gasteiger partial charge is 0.244 e. The van der Waals surface area contributed by atoms with Crippen molar-refractivity contribution < 1.29 is 8.42 Å². The largest absolute Gasteiger partial charge is 0.319 e. The Kier molecular flexibility index (Phi) is 4.67. The van der Waals surface area contributed by atoms with Crippen LogP contribution in [0.3, 0.4) is 0 Å². The van der Waals surface area contributed by atoms with E-state index in [1.54, 1.807) is 13.8 Å². The molecule has 0 aliphatic rings. The van der Waals surface area contributed by atoms with E-state index in [1.165, 1.54) is 0 Å². The number of sulfonamides is 1. The normalized spacial score (nSPS) is 13.9. The molecule has 0 saturated carbocycles. The summed E-state index contributed by atoms with van der Waals surface area (Å²) >= 11 is 0. The second-order valence-electron chi connectivity index (χ2n) is 4.28. The van der Waals surface area contributed by atoms with E-state index < -0.39 is 10.0 Å². The number of aryl methyl sites for hydroxylation is 2. The van der Waals surface area contributed by atoms with Gasteiger partial charge < -0.3 is 5.32 Å². The second kappa shape index (κ2) is 5.61. The Morgan fingerprint density at radius 2 is 2.00 bits per heavy atom. The van der Waals surface area contributed by atoms with Crippen molar-refractivity contribution in [3.8, 4) is 0 Å². The second-order valence-corrected chi connectivity index (χ2v) is 5.98. The van der Waals surface area contributed by atoms with Crippen LogP contribution in [0.4, 0.5) is 0 Å². The minimum absolute atomic E-state index is 0.238. The summed E-state index contributed by atoms with van der Waals surface area (Å²) in [6.45, 7) is 6.54. The molecule has 0 fully saturated rings. The molecule has 0 radical (unpaired) electrons. The van der Waals surface area contributed by atoms with Crippen LogP contribution in [0.5, 0.6) is 0 Å². The van der Waals surface area contributed by atoms with Crippen molar-refractivity contribution in [1.29, 1.82) is 0 Å². The van der Waals surface area contributed by atoms with Gasteiger partial charge in [0.05, 0.1) is 11.4 Å². The summed E-state index contributed by atoms with van der Waals surface area (Å²) in [5, 5.41) is 9.57. The number of rotatable bonds is 6. The summed E-state index contributed by atoms with van der Waals surface area (Å²) in [6, 6.07) is 0. The topological polar surface area (TPSA) is 86.9 Å². The number of H-pyrrole nitrogens is 1. The first-order valence-electron chi connectivity index (χ1n) is 5.54. The molecule has 7 heteroatoms. The van der Waals surface area contributed by atoms with Gasteiger partial charge in [-0.05, 0) is 33.4 Å². The van der Waals surface area contributed by atoms with Crippen molar-refractivity contribution in [2.75, 3.05) is 20.1 Å². The molecule has 1 aromatic rings. The van der Waals surface area contributed by atoms with Gasteiger partial charge in [0.15, 0.2) is 0 Å². The van der Waals surface area contributed by atoms with Gasteiger partial charge >= 0.3 is 0 Å². The molecule has 0 aromatic carbocycles. The van der Waals surface area contributed by atoms with E-state index in [9.17, 15) is 8.42 Å². The highest BCUT2D eigenvalue weighted by Crippen LogP contribution is 2.16. The predicted octanol–water partition coefficient (Wildman–Crippen LogP) is 0.160. The number of aromatic amines is 1. The van der Waals surface area contributed by atoms with Gasteiger partial charge in [-0.3, -0.25) is 5.10 Å². The van der Waals surface area contributed by atoms with Gasteiger partial charge in [-0.2, -0.15) is 5.10 Å². The summed E-state index contributed by atoms with van der Waals surface area (Å²) < 4.78 is 26.7. The molecule has 17 heavy (non-hydrogen) atoms. The van der Waals surface area contributed by atoms with Crippen LogP contribution in [0.15, 0.2) is 4.90 Å². The zero-order chi connectivity index (χ0) is 13.1. The fourth-order valence-electron chi connectivity index (χ4n) is 1.68. The van der Waals surface area contributed by atoms with Crippen LogP contribution in [0.1, 0.15) is 18.3 Å². The zero-order valence-corrected chi connectivity index (χ0v) is 11.5. The molecule has 1 unspecified atom stereocenters. The number of hydrogen-bond acceptors (Lipinski definition) is 4. The predicted molar refractivity (Wildman–Crippen MR) is 66.3 cm³/mol. The van der Waals surface area contributed by atoms with Crippen molar-refractivity contribution in [3.63, 3.8) is 0 Å². The minimum atomic E-state index is -3.46. The standard InChI is InChI=1S/C10H20N4O2S/c1-7(5-11-4)6-12-17(15,16)10-8(2)13-14-9(10)3/h7,11-12H,5-6H2,1-4H3,(H,13,14). The molecule has 0 amide bonds. The average molecular weight is 260 g/mol. The molecule has 0 spiro atoms. The fraction of sp³-hybridized carbons (Fsp3) is 0.700. The third-order valence-electron chi connectivity index (χ3n) is 2.50. The summed E-state index contributed by atoms with van der Waals surface area (Å²) in [7, 11) is -1.62. The van der Waals surface area contributed by atoms with Gasteiger partial charge in [0, 0.05) is 6.54 Å². The molecule has 0 bridgehead atoms. The van der Waals surface area contributed by atoms with E-state index in [0.29, 0.717) is 17.9 Å². The number of aromatic nitrogens is 2. The molecule has 6 nitrogen and oxygen atoms in total. The van der Waals surface area contributed by atoms with Crippen molar-refractivity contribution in [2.45, 2.75) is 25.7 Å². The van der Waals surface area contributed by atoms with E-state index in [1.807, 2.05) is 14.0 Å². The fourth-order valence-corrected chi connectivity index (χ4v) is 3.21. The van der Waals surface area contributed by atoms with Crippen LogP contribution in [0, 0.1) is 19.8 Å². The number of nitrogens with one attached hydrogen (secondary N) is 3. The van der Waals surface area contributed by atoms with E-state index in [4.69, 9.17) is 0 Å². The summed E-state index contributed by atoms with van der Waals surface area (Å²) in [5.74, 6) is 0.238. The van der Waals surface area contributed by atoms with Gasteiger partial charge in [0.1, 0.15) is 4.90 Å². The molecule has 1 atom stereocenters. The monoisotopic (exact) mass is 260 g/mol. The molecule has 0 aliphatic heterocycles. The lowest BCUT2D eigenvalue weighted by molar-refractivity contribution is 0.518. The Labute approximate surface area is 102 Å². The Hall–Kier alpha value is -0.920. The summed E-state index contributed by atoms with van der Waals surface area (Å²) in [4.78, 5) is 0.258. The van der Waals surface area contributed by atoms with Gasteiger partial charge in [0.2, 0.25) is 10.0 Å². The Balaban J connectivity index is 2.76. The summed E-state index contributed by atoms with van der Waals surface area (Å²) in [6.07, 6.45) is 0. The zero-order valence-electron chi connectivity index (χ0n) is 10.7. The maximum Gasteiger partial charge on any atom is 0.244 e. The van der Waals surface area contributed by atoms with Crippen molar-refractivity contribution in [2.24, 2.45) is 5.92 Å². The molecule has 3 N–H and O–H groups in total. The van der Waals surface area contributed by atoms with Crippen LogP contribution < -0.4 is 10.0 Å². The first-order valence-corrected chi connectivity index (χ1v) is 7.02. The highest BCUT2D eigenvalue weighted by atomic mass is 32.2. The third-order valence-corrected chi connectivity index (χ3v) is 4.19. The lowest BCUT2D eigenvalue weighted by atomic mass is 10.2. The van der Waals surface area contributed by atoms with Crippen molar-refractivity contribution in [3.05, 3.63) is 11.4 Å². The maximum atomic E-state index is 12.1. The SMILES string of the molecule is CNCC(C)CNS(=O)(=O)c1c(C)n[nH]c1C. The highest BCUT2D eigenvalue weighted by Gasteiger charge is 2.22. The number of nitrogens with zero attached hydrogens (tertiary/aromatic N) is 1. The molecule has 0 aliphatic carbocycles. The maximum absolute atomic E-state index is 12.1. The van der Waals surface area contributed by atoms with Crippen LogP contribution in [-0.2, 0) is 10.0 Å². The first-order chi connectivity index (χ1) is 7.88. The Morgan fingerprint density at radius 1 is 1.35 bits per heavy atom. The molecule has 1 aromatic heterocycles. The molecular weight excluding hydrogens is 240 g/mol. The highest BCUT2D eigenvalue weighted by molar-refractivity contribution is 7.89. The lowest BCUT2D eigenvalue weighted by Crippen LogP contribution is -2.32. The number of hydrogen-bond donors (Lipinski definition) is 3. The molecule has 98 valence electrons. The van der Waals surface area contributed by atoms with Crippen LogP contribution in [-0.4, -0.2) is 38.8 Å². The van der Waals surface area contributed by atoms with Gasteiger partial charge in [-0.1, -0.05) is 6.92 Å². The lowest BCUT2D eigenvalue weighted by Gasteiger charge is -2.12. The van der Waals surface area contributed by atoms with Gasteiger partial charge in [-0.15, -0.1) is 0 Å². The van der Waals surface area contributed by atoms with Crippen LogP contribution in [0.25, 0.3) is 0 Å². The molecule has 1 rings (SSSR count). The third kappa shape index (κ3) is 3.52. The van der Waals surface area contributed by atoms with Gasteiger partial charge in [-0.25, -0.2) is 13.1 Å². The summed E-state index contributed by atoms with van der Waals surface area (Å²) in [5.41, 5.74) is 1.06. The van der Waals surface area contributed by atoms with E-state index in [0.717, 1.165) is 6.54 Å². The van der Waals surface area contributed by atoms with Crippen LogP contribution in [0.2, 0.25) is 0 Å². The Morgan fingerprint density at radius 3 is 2.47 bits per heavy atom. The first kappa shape index (κ1) is 14.1. The van der Waals surface area contributed by atoms with Gasteiger partial charge in [0.25, 0.3) is 0 Å². The van der Waals surface area contributed by atoms with Crippen LogP contribution >= 0.6 is 0 Å². The Bertz CT molecular complexity index is 447. The van der Waals surface area contributed by atoms with E-state index in [2.05, 4.69) is 20.2 Å². The molecular formula is C10H20N4O2S. The van der Waals surface area contributed by atoms with E-state index >= 15 is 0 Å².